The van der Waals surface area contributed by atoms with Crippen LogP contribution in [0.5, 0.6) is 0 Å². The molecule has 326 valence electrons. The van der Waals surface area contributed by atoms with Crippen molar-refractivity contribution >= 4 is 69.5 Å². The van der Waals surface area contributed by atoms with E-state index in [1.807, 2.05) is 13.0 Å². The Bertz CT molecular complexity index is 1500. The number of aliphatic hydroxyl groups excluding tert-OH is 1. The van der Waals surface area contributed by atoms with Gasteiger partial charge in [0, 0.05) is 32.6 Å². The molecule has 0 aliphatic carbocycles. The summed E-state index contributed by atoms with van der Waals surface area (Å²) >= 11 is 0. The number of rotatable bonds is 15. The molecule has 2 rings (SSSR count). The van der Waals surface area contributed by atoms with Crippen molar-refractivity contribution in [3.63, 3.8) is 0 Å². The number of likely N-dealkylation sites (N-methyl/N-ethyl adjacent to an activating group) is 1. The second-order valence-corrected chi connectivity index (χ2v) is 15.4. The molecule has 12 atom stereocenters. The minimum atomic E-state index is -1.42. The van der Waals surface area contributed by atoms with Crippen LogP contribution in [0.4, 0.5) is 0 Å². The van der Waals surface area contributed by atoms with E-state index >= 15 is 0 Å². The Morgan fingerprint density at radius 2 is 1.09 bits per heavy atom. The van der Waals surface area contributed by atoms with Crippen LogP contribution in [-0.4, -0.2) is 128 Å². The van der Waals surface area contributed by atoms with Crippen molar-refractivity contribution in [2.75, 3.05) is 33.2 Å². The van der Waals surface area contributed by atoms with Crippen LogP contribution in [0.1, 0.15) is 58.4 Å². The fourth-order valence-electron chi connectivity index (χ4n) is 6.10. The number of benzene rings is 1. The molecule has 58 heavy (non-hydrogen) atoms. The van der Waals surface area contributed by atoms with Gasteiger partial charge in [-0.05, 0) is 51.1 Å². The van der Waals surface area contributed by atoms with Gasteiger partial charge in [-0.2, -0.15) is 0 Å². The zero-order valence-corrected chi connectivity index (χ0v) is 37.2. The maximum absolute atomic E-state index is 14.2. The van der Waals surface area contributed by atoms with E-state index in [0.29, 0.717) is 13.0 Å². The van der Waals surface area contributed by atoms with Gasteiger partial charge in [-0.3, -0.25) is 33.6 Å². The second-order valence-electron chi connectivity index (χ2n) is 14.2. The summed E-state index contributed by atoms with van der Waals surface area (Å²) in [4.78, 5) is 96.6. The Hall–Kier alpha value is -3.40. The van der Waals surface area contributed by atoms with E-state index < -0.39 is 95.7 Å². The molecule has 1 heterocycles. The molecule has 19 nitrogen and oxygen atoms in total. The number of hydrogen-bond acceptors (Lipinski definition) is 12. The number of nitrogens with one attached hydrogen (secondary N) is 11. The van der Waals surface area contributed by atoms with Gasteiger partial charge in [0.1, 0.15) is 36.3 Å². The quantitative estimate of drug-likeness (QED) is 0.0787. The molecule has 0 spiro atoms. The molecule has 1 aliphatic rings. The molecule has 1 aromatic rings. The molecular weight excluding hydrogens is 807 g/mol. The van der Waals surface area contributed by atoms with Crippen molar-refractivity contribution in [1.29, 1.82) is 0 Å². The highest BCUT2D eigenvalue weighted by Crippen LogP contribution is 2.12. The highest BCUT2D eigenvalue weighted by atomic mass is 31.0. The van der Waals surface area contributed by atoms with E-state index in [9.17, 15) is 38.7 Å². The van der Waals surface area contributed by atoms with Crippen molar-refractivity contribution in [3.8, 4) is 0 Å². The lowest BCUT2D eigenvalue weighted by molar-refractivity contribution is -0.136. The third-order valence-corrected chi connectivity index (χ3v) is 10.7. The van der Waals surface area contributed by atoms with Crippen molar-refractivity contribution in [1.82, 2.24) is 57.8 Å². The molecule has 1 aromatic carbocycles. The molecule has 22 heteroatoms. The van der Waals surface area contributed by atoms with E-state index in [4.69, 9.17) is 0 Å². The SMILES string of the molecule is CCC(C)C1NC(=O)C(Cc2ccccc2)NC(=O)C(CCNP)NC(=O)C(NC)CCNC(=O)C(C(C)O)NC(=O)C(CCNP)NC(=O)C(CCNP)NC1=O. The first kappa shape index (κ1) is 50.7. The summed E-state index contributed by atoms with van der Waals surface area (Å²) in [6, 6.07) is 0.903. The first-order valence-corrected chi connectivity index (χ1v) is 21.2. The minimum absolute atomic E-state index is 0.0557. The summed E-state index contributed by atoms with van der Waals surface area (Å²) in [6.07, 6.45) is -0.455. The molecule has 0 bridgehead atoms. The highest BCUT2D eigenvalue weighted by molar-refractivity contribution is 7.14. The van der Waals surface area contributed by atoms with Crippen molar-refractivity contribution in [2.24, 2.45) is 5.92 Å². The van der Waals surface area contributed by atoms with Gasteiger partial charge < -0.3 is 62.9 Å². The highest BCUT2D eigenvalue weighted by Gasteiger charge is 2.36. The van der Waals surface area contributed by atoms with E-state index in [0.717, 1.165) is 5.56 Å². The van der Waals surface area contributed by atoms with Crippen LogP contribution >= 0.6 is 28.2 Å². The average Bonchev–Trinajstić information content (AvgIpc) is 3.20. The summed E-state index contributed by atoms with van der Waals surface area (Å²) < 4.78 is 0. The molecule has 0 aromatic heterocycles. The van der Waals surface area contributed by atoms with Gasteiger partial charge in [0.15, 0.2) is 0 Å². The standard InChI is InChI=1S/C36H64N11O8P3/c1-5-20(2)28-36(55)44-25(13-17-40-57)31(50)43-26(14-18-41-58)33(52)47-29(21(3)48)35(54)38-15-11-23(37-4)30(49)42-24(12-16-39-56)32(51)45-27(34(53)46-28)19-22-9-7-6-8-10-22/h6-10,20-21,23-29,37,39-41,48H,5,11-19,56-58H2,1-4H3,(H,38,54)(H,42,49)(H,43,50)(H,44,55)(H,45,51)(H,46,53)(H,47,52). The number of carbonyl (C=O) groups excluding carboxylic acids is 7. The van der Waals surface area contributed by atoms with Gasteiger partial charge in [-0.15, -0.1) is 0 Å². The molecule has 1 aliphatic heterocycles. The third-order valence-electron chi connectivity index (χ3n) is 9.80. The molecule has 12 N–H and O–H groups in total. The fourth-order valence-corrected chi connectivity index (χ4v) is 6.60. The van der Waals surface area contributed by atoms with Crippen LogP contribution < -0.4 is 57.8 Å². The van der Waals surface area contributed by atoms with E-state index in [2.05, 4.69) is 86.0 Å². The van der Waals surface area contributed by atoms with Crippen LogP contribution in [0.3, 0.4) is 0 Å². The maximum Gasteiger partial charge on any atom is 0.245 e. The summed E-state index contributed by atoms with van der Waals surface area (Å²) in [6.45, 7) is 5.70. The third kappa shape index (κ3) is 17.1. The first-order valence-electron chi connectivity index (χ1n) is 19.5. The number of aliphatic hydroxyl groups is 1. The Morgan fingerprint density at radius 1 is 0.638 bits per heavy atom. The maximum atomic E-state index is 14.2. The van der Waals surface area contributed by atoms with Crippen LogP contribution in [0.15, 0.2) is 30.3 Å². The Labute approximate surface area is 348 Å². The van der Waals surface area contributed by atoms with E-state index in [1.165, 1.54) is 6.92 Å². The Morgan fingerprint density at radius 3 is 1.57 bits per heavy atom. The van der Waals surface area contributed by atoms with E-state index in [1.54, 1.807) is 38.2 Å². The summed E-state index contributed by atoms with van der Waals surface area (Å²) in [5, 5.41) is 41.0. The monoisotopic (exact) mass is 871 g/mol. The molecule has 7 amide bonds. The lowest BCUT2D eigenvalue weighted by Gasteiger charge is -2.30. The largest absolute Gasteiger partial charge is 0.391 e. The Balaban J connectivity index is 2.66. The van der Waals surface area contributed by atoms with Crippen LogP contribution in [0.25, 0.3) is 0 Å². The van der Waals surface area contributed by atoms with Crippen LogP contribution in [0, 0.1) is 5.92 Å². The summed E-state index contributed by atoms with van der Waals surface area (Å²) in [5.41, 5.74) is 0.726. The van der Waals surface area contributed by atoms with Gasteiger partial charge in [0.25, 0.3) is 0 Å². The smallest absolute Gasteiger partial charge is 0.245 e. The molecule has 1 saturated heterocycles. The van der Waals surface area contributed by atoms with Crippen molar-refractivity contribution < 1.29 is 38.7 Å². The zero-order chi connectivity index (χ0) is 43.2. The van der Waals surface area contributed by atoms with Crippen molar-refractivity contribution in [2.45, 2.75) is 108 Å². The lowest BCUT2D eigenvalue weighted by atomic mass is 9.96. The summed E-state index contributed by atoms with van der Waals surface area (Å²) in [5.74, 6) is -5.12. The fraction of sp³-hybridized carbons (Fsp3) is 0.639. The molecule has 0 saturated carbocycles. The average molecular weight is 872 g/mol. The molecule has 1 fully saturated rings. The molecule has 0 radical (unpaired) electrons. The number of amides is 7. The predicted octanol–water partition coefficient (Wildman–Crippen LogP) is -3.02. The van der Waals surface area contributed by atoms with Gasteiger partial charge in [0.05, 0.1) is 12.1 Å². The molecule has 12 unspecified atom stereocenters. The topological polar surface area (TPSA) is 272 Å². The van der Waals surface area contributed by atoms with Gasteiger partial charge in [0.2, 0.25) is 41.4 Å². The zero-order valence-electron chi connectivity index (χ0n) is 33.7. The Kier molecular flexibility index (Phi) is 24.0. The normalized spacial score (nSPS) is 26.1. The number of hydrogen-bond donors (Lipinski definition) is 12. The van der Waals surface area contributed by atoms with Crippen LogP contribution in [0.2, 0.25) is 0 Å². The van der Waals surface area contributed by atoms with Crippen molar-refractivity contribution in [3.05, 3.63) is 35.9 Å². The molecular formula is C36H64N11O8P3. The lowest BCUT2D eigenvalue weighted by Crippen LogP contribution is -2.61. The van der Waals surface area contributed by atoms with E-state index in [-0.39, 0.29) is 51.7 Å². The minimum Gasteiger partial charge on any atom is -0.391 e. The summed E-state index contributed by atoms with van der Waals surface area (Å²) in [7, 11) is 8.50. The van der Waals surface area contributed by atoms with Gasteiger partial charge in [-0.1, -0.05) is 78.8 Å². The number of carbonyl (C=O) groups is 7. The van der Waals surface area contributed by atoms with Gasteiger partial charge in [-0.25, -0.2) is 0 Å². The second kappa shape index (κ2) is 27.4. The first-order chi connectivity index (χ1) is 27.7. The van der Waals surface area contributed by atoms with Gasteiger partial charge >= 0.3 is 0 Å². The predicted molar refractivity (Wildman–Crippen MR) is 230 cm³/mol. The van der Waals surface area contributed by atoms with Crippen LogP contribution in [-0.2, 0) is 40.0 Å².